The molecule has 0 heterocycles. The van der Waals surface area contributed by atoms with Crippen LogP contribution in [0, 0.1) is 0 Å². The molecule has 2 aromatic carbocycles. The van der Waals surface area contributed by atoms with Gasteiger partial charge in [0.1, 0.15) is 0 Å². The molecular formula is C16H16O3P+. The lowest BCUT2D eigenvalue weighted by molar-refractivity contribution is 0.374. The van der Waals surface area contributed by atoms with Crippen molar-refractivity contribution in [3.63, 3.8) is 0 Å². The number of benzene rings is 2. The van der Waals surface area contributed by atoms with Gasteiger partial charge in [-0.1, -0.05) is 60.7 Å². The van der Waals surface area contributed by atoms with Crippen LogP contribution in [0.25, 0.3) is 0 Å². The van der Waals surface area contributed by atoms with Crippen LogP contribution in [-0.4, -0.2) is 4.89 Å². The van der Waals surface area contributed by atoms with Crippen molar-refractivity contribution in [2.45, 2.75) is 12.8 Å². The highest BCUT2D eigenvalue weighted by molar-refractivity contribution is 7.32. The monoisotopic (exact) mass is 287 g/mol. The van der Waals surface area contributed by atoms with Crippen LogP contribution in [0.15, 0.2) is 72.5 Å². The standard InChI is InChI=1S/C16H15O3P/c17-20(18)19-13-16(11-14-7-3-1-4-8-14)12-15-9-5-2-6-10-15/h1-10,13H,11-12H2/p+1. The summed E-state index contributed by atoms with van der Waals surface area (Å²) in [7, 11) is -2.61. The van der Waals surface area contributed by atoms with Crippen LogP contribution in [0.4, 0.5) is 0 Å². The van der Waals surface area contributed by atoms with Gasteiger partial charge in [0.25, 0.3) is 0 Å². The maximum absolute atomic E-state index is 10.7. The second-order valence-corrected chi connectivity index (χ2v) is 5.13. The van der Waals surface area contributed by atoms with Gasteiger partial charge in [-0.25, -0.2) is 4.52 Å². The summed E-state index contributed by atoms with van der Waals surface area (Å²) in [6.07, 6.45) is 2.79. The van der Waals surface area contributed by atoms with Gasteiger partial charge in [-0.3, -0.25) is 0 Å². The molecule has 0 aliphatic rings. The molecule has 2 aromatic rings. The lowest BCUT2D eigenvalue weighted by Gasteiger charge is -2.06. The summed E-state index contributed by atoms with van der Waals surface area (Å²) >= 11 is 0. The SMILES string of the molecule is O=[P+](O)OC=C(Cc1ccccc1)Cc1ccccc1. The Hall–Kier alpha value is -1.96. The minimum atomic E-state index is -2.61. The second kappa shape index (κ2) is 7.59. The second-order valence-electron chi connectivity index (χ2n) is 4.44. The fourth-order valence-corrected chi connectivity index (χ4v) is 2.22. The Morgan fingerprint density at radius 2 is 1.40 bits per heavy atom. The van der Waals surface area contributed by atoms with Crippen molar-refractivity contribution in [1.29, 1.82) is 0 Å². The van der Waals surface area contributed by atoms with Crippen LogP contribution in [-0.2, 0) is 21.9 Å². The maximum Gasteiger partial charge on any atom is 0.746 e. The average molecular weight is 287 g/mol. The number of rotatable bonds is 6. The van der Waals surface area contributed by atoms with Crippen molar-refractivity contribution in [2.75, 3.05) is 0 Å². The summed E-state index contributed by atoms with van der Waals surface area (Å²) in [6.45, 7) is 0. The third-order valence-electron chi connectivity index (χ3n) is 2.86. The molecule has 0 bridgehead atoms. The van der Waals surface area contributed by atoms with E-state index in [9.17, 15) is 4.57 Å². The summed E-state index contributed by atoms with van der Waals surface area (Å²) in [5.74, 6) is 0. The van der Waals surface area contributed by atoms with E-state index >= 15 is 0 Å². The molecule has 0 spiro atoms. The highest BCUT2D eigenvalue weighted by atomic mass is 31.1. The molecule has 1 atom stereocenters. The molecule has 0 fully saturated rings. The summed E-state index contributed by atoms with van der Waals surface area (Å²) < 4.78 is 15.4. The third kappa shape index (κ3) is 4.96. The highest BCUT2D eigenvalue weighted by Crippen LogP contribution is 2.20. The summed E-state index contributed by atoms with van der Waals surface area (Å²) in [5, 5.41) is 0. The van der Waals surface area contributed by atoms with Gasteiger partial charge in [0.2, 0.25) is 0 Å². The first-order valence-corrected chi connectivity index (χ1v) is 7.46. The van der Waals surface area contributed by atoms with E-state index in [1.54, 1.807) is 0 Å². The maximum atomic E-state index is 10.7. The predicted molar refractivity (Wildman–Crippen MR) is 79.3 cm³/mol. The Morgan fingerprint density at radius 3 is 1.80 bits per heavy atom. The lowest BCUT2D eigenvalue weighted by atomic mass is 9.99. The van der Waals surface area contributed by atoms with Crippen LogP contribution in [0.3, 0.4) is 0 Å². The summed E-state index contributed by atoms with van der Waals surface area (Å²) in [5.41, 5.74) is 3.25. The third-order valence-corrected chi connectivity index (χ3v) is 3.14. The Kier molecular flexibility index (Phi) is 5.48. The van der Waals surface area contributed by atoms with Gasteiger partial charge in [0.15, 0.2) is 6.26 Å². The molecule has 3 nitrogen and oxygen atoms in total. The molecule has 4 heteroatoms. The molecule has 0 aliphatic carbocycles. The molecule has 1 N–H and O–H groups in total. The van der Waals surface area contributed by atoms with Gasteiger partial charge in [-0.2, -0.15) is 0 Å². The average Bonchev–Trinajstić information content (AvgIpc) is 2.47. The fourth-order valence-electron chi connectivity index (χ4n) is 1.98. The fraction of sp³-hybridized carbons (Fsp3) is 0.125. The van der Waals surface area contributed by atoms with Crippen molar-refractivity contribution in [2.24, 2.45) is 0 Å². The quantitative estimate of drug-likeness (QED) is 0.644. The van der Waals surface area contributed by atoms with Crippen molar-refractivity contribution >= 4 is 8.25 Å². The largest absolute Gasteiger partial charge is 0.746 e. The first-order valence-electron chi connectivity index (χ1n) is 6.33. The van der Waals surface area contributed by atoms with Gasteiger partial charge in [0, 0.05) is 4.57 Å². The van der Waals surface area contributed by atoms with Crippen molar-refractivity contribution < 1.29 is 14.0 Å². The smallest absolute Gasteiger partial charge is 0.237 e. The van der Waals surface area contributed by atoms with E-state index < -0.39 is 8.25 Å². The van der Waals surface area contributed by atoms with Crippen LogP contribution in [0.2, 0.25) is 0 Å². The minimum absolute atomic E-state index is 0.693. The van der Waals surface area contributed by atoms with Crippen LogP contribution < -0.4 is 0 Å². The first-order chi connectivity index (χ1) is 9.74. The van der Waals surface area contributed by atoms with E-state index in [2.05, 4.69) is 0 Å². The van der Waals surface area contributed by atoms with Crippen molar-refractivity contribution in [1.82, 2.24) is 0 Å². The van der Waals surface area contributed by atoms with Crippen LogP contribution >= 0.6 is 8.25 Å². The Labute approximate surface area is 119 Å². The molecular weight excluding hydrogens is 271 g/mol. The Balaban J connectivity index is 2.12. The van der Waals surface area contributed by atoms with E-state index in [-0.39, 0.29) is 0 Å². The van der Waals surface area contributed by atoms with Gasteiger partial charge < -0.3 is 0 Å². The molecule has 0 saturated carbocycles. The highest BCUT2D eigenvalue weighted by Gasteiger charge is 2.11. The van der Waals surface area contributed by atoms with Crippen LogP contribution in [0.1, 0.15) is 11.1 Å². The Bertz CT molecular complexity index is 536. The van der Waals surface area contributed by atoms with Crippen LogP contribution in [0.5, 0.6) is 0 Å². The van der Waals surface area contributed by atoms with E-state index in [0.717, 1.165) is 16.7 Å². The zero-order valence-electron chi connectivity index (χ0n) is 11.0. The Morgan fingerprint density at radius 1 is 0.950 bits per heavy atom. The number of hydrogen-bond donors (Lipinski definition) is 1. The van der Waals surface area contributed by atoms with Gasteiger partial charge >= 0.3 is 8.25 Å². The molecule has 0 radical (unpaired) electrons. The number of hydrogen-bond acceptors (Lipinski definition) is 2. The molecule has 0 aliphatic heterocycles. The normalized spacial score (nSPS) is 10.8. The molecule has 0 amide bonds. The molecule has 2 rings (SSSR count). The molecule has 20 heavy (non-hydrogen) atoms. The zero-order valence-corrected chi connectivity index (χ0v) is 11.9. The topological polar surface area (TPSA) is 46.5 Å². The minimum Gasteiger partial charge on any atom is -0.237 e. The van der Waals surface area contributed by atoms with Gasteiger partial charge in [-0.05, 0) is 29.5 Å². The van der Waals surface area contributed by atoms with E-state index in [4.69, 9.17) is 9.42 Å². The zero-order chi connectivity index (χ0) is 14.2. The van der Waals surface area contributed by atoms with E-state index in [1.807, 2.05) is 60.7 Å². The molecule has 102 valence electrons. The summed E-state index contributed by atoms with van der Waals surface area (Å²) in [6, 6.07) is 19.9. The predicted octanol–water partition coefficient (Wildman–Crippen LogP) is 4.02. The molecule has 0 aromatic heterocycles. The molecule has 1 unspecified atom stereocenters. The lowest BCUT2D eigenvalue weighted by Crippen LogP contribution is -1.96. The molecule has 0 saturated heterocycles. The van der Waals surface area contributed by atoms with Gasteiger partial charge in [-0.15, -0.1) is 4.89 Å². The van der Waals surface area contributed by atoms with Crippen molar-refractivity contribution in [3.05, 3.63) is 83.6 Å². The van der Waals surface area contributed by atoms with E-state index in [1.165, 1.54) is 6.26 Å². The number of allylic oxidation sites excluding steroid dienone is 1. The van der Waals surface area contributed by atoms with E-state index in [0.29, 0.717) is 12.8 Å². The summed E-state index contributed by atoms with van der Waals surface area (Å²) in [4.78, 5) is 8.78. The first kappa shape index (κ1) is 14.4. The van der Waals surface area contributed by atoms with Crippen molar-refractivity contribution in [3.8, 4) is 0 Å². The van der Waals surface area contributed by atoms with Gasteiger partial charge in [0.05, 0.1) is 0 Å².